The Balaban J connectivity index is 2.16. The summed E-state index contributed by atoms with van der Waals surface area (Å²) in [6, 6.07) is 3.53. The van der Waals surface area contributed by atoms with E-state index in [2.05, 4.69) is 9.62 Å². The Hall–Kier alpha value is -1.51. The van der Waals surface area contributed by atoms with E-state index in [1.807, 2.05) is 6.07 Å². The molecule has 1 aromatic carbocycles. The van der Waals surface area contributed by atoms with Crippen molar-refractivity contribution < 1.29 is 17.9 Å². The lowest BCUT2D eigenvalue weighted by Gasteiger charge is -2.40. The summed E-state index contributed by atoms with van der Waals surface area (Å²) in [5, 5.41) is 0.476. The van der Waals surface area contributed by atoms with Gasteiger partial charge in [-0.15, -0.1) is 0 Å². The number of carbonyl (C=O) groups is 1. The number of halogens is 1. The molecule has 7 nitrogen and oxygen atoms in total. The number of carbonyl (C=O) groups excluding carboxylic acids is 1. The number of anilines is 2. The summed E-state index contributed by atoms with van der Waals surface area (Å²) in [6.45, 7) is 1.94. The van der Waals surface area contributed by atoms with Crippen LogP contribution in [0.15, 0.2) is 12.1 Å². The lowest BCUT2D eigenvalue weighted by atomic mass is 9.80. The number of hydrogen-bond acceptors (Lipinski definition) is 6. The number of piperidine rings is 1. The Morgan fingerprint density at radius 1 is 1.37 bits per heavy atom. The first-order valence-corrected chi connectivity index (χ1v) is 11.3. The van der Waals surface area contributed by atoms with E-state index >= 15 is 0 Å². The van der Waals surface area contributed by atoms with Gasteiger partial charge in [-0.05, 0) is 37.2 Å². The van der Waals surface area contributed by atoms with Gasteiger partial charge < -0.3 is 20.2 Å². The highest BCUT2D eigenvalue weighted by atomic mass is 35.5. The Kier molecular flexibility index (Phi) is 7.76. The largest absolute Gasteiger partial charge is 0.495 e. The normalized spacial score (nSPS) is 20.5. The molecule has 1 fully saturated rings. The summed E-state index contributed by atoms with van der Waals surface area (Å²) in [5.74, 6) is 1.30. The predicted octanol–water partition coefficient (Wildman–Crippen LogP) is 2.29. The van der Waals surface area contributed by atoms with Gasteiger partial charge in [0.1, 0.15) is 12.0 Å². The number of ether oxygens (including phenoxy) is 1. The highest BCUT2D eigenvalue weighted by molar-refractivity contribution is 7.88. The molecule has 1 aliphatic rings. The molecule has 3 N–H and O–H groups in total. The van der Waals surface area contributed by atoms with E-state index in [-0.39, 0.29) is 5.92 Å². The van der Waals surface area contributed by atoms with Crippen molar-refractivity contribution in [2.45, 2.75) is 25.7 Å². The van der Waals surface area contributed by atoms with Crippen molar-refractivity contribution in [3.05, 3.63) is 17.2 Å². The first-order valence-electron chi connectivity index (χ1n) is 9.01. The molecule has 2 atom stereocenters. The van der Waals surface area contributed by atoms with Gasteiger partial charge in [0.15, 0.2) is 0 Å². The van der Waals surface area contributed by atoms with Crippen molar-refractivity contribution in [3.8, 4) is 5.75 Å². The second-order valence-electron chi connectivity index (χ2n) is 7.00. The van der Waals surface area contributed by atoms with Crippen molar-refractivity contribution in [1.82, 2.24) is 4.72 Å². The lowest BCUT2D eigenvalue weighted by Crippen LogP contribution is -2.42. The summed E-state index contributed by atoms with van der Waals surface area (Å²) < 4.78 is 30.7. The maximum absolute atomic E-state index is 11.4. The van der Waals surface area contributed by atoms with Gasteiger partial charge in [-0.25, -0.2) is 13.1 Å². The molecule has 9 heteroatoms. The van der Waals surface area contributed by atoms with E-state index in [1.54, 1.807) is 13.2 Å². The second kappa shape index (κ2) is 9.61. The van der Waals surface area contributed by atoms with Crippen LogP contribution in [0.5, 0.6) is 5.75 Å². The predicted molar refractivity (Wildman–Crippen MR) is 109 cm³/mol. The number of benzene rings is 1. The number of hydrogen-bond donors (Lipinski definition) is 2. The number of methoxy groups -OCH3 is 1. The lowest BCUT2D eigenvalue weighted by molar-refractivity contribution is -0.108. The quantitative estimate of drug-likeness (QED) is 0.472. The Bertz CT molecular complexity index is 757. The van der Waals surface area contributed by atoms with Gasteiger partial charge in [-0.1, -0.05) is 11.6 Å². The zero-order chi connectivity index (χ0) is 20.0. The third-order valence-corrected chi connectivity index (χ3v) is 6.12. The van der Waals surface area contributed by atoms with Crippen LogP contribution in [-0.4, -0.2) is 47.7 Å². The van der Waals surface area contributed by atoms with Crippen LogP contribution in [0.25, 0.3) is 0 Å². The molecule has 152 valence electrons. The number of aldehydes is 1. The summed E-state index contributed by atoms with van der Waals surface area (Å²) in [4.78, 5) is 13.0. The second-order valence-corrected chi connectivity index (χ2v) is 9.24. The summed E-state index contributed by atoms with van der Waals surface area (Å²) >= 11 is 6.21. The molecular weight excluding hydrogens is 390 g/mol. The van der Waals surface area contributed by atoms with E-state index in [0.29, 0.717) is 41.8 Å². The van der Waals surface area contributed by atoms with E-state index in [4.69, 9.17) is 22.1 Å². The minimum absolute atomic E-state index is 0.258. The Labute approximate surface area is 166 Å². The van der Waals surface area contributed by atoms with Crippen LogP contribution < -0.4 is 20.1 Å². The minimum atomic E-state index is -3.22. The van der Waals surface area contributed by atoms with Gasteiger partial charge in [0.05, 0.1) is 29.8 Å². The Morgan fingerprint density at radius 2 is 2.11 bits per heavy atom. The number of nitrogen functional groups attached to an aromatic ring is 1. The Morgan fingerprint density at radius 3 is 2.74 bits per heavy atom. The molecule has 0 spiro atoms. The average molecular weight is 418 g/mol. The fourth-order valence-corrected chi connectivity index (χ4v) is 4.33. The fourth-order valence-electron chi connectivity index (χ4n) is 3.69. The van der Waals surface area contributed by atoms with E-state index in [1.165, 1.54) is 0 Å². The molecule has 1 aliphatic heterocycles. The van der Waals surface area contributed by atoms with Gasteiger partial charge in [0.25, 0.3) is 0 Å². The van der Waals surface area contributed by atoms with Crippen LogP contribution >= 0.6 is 11.6 Å². The molecule has 1 aromatic rings. The molecule has 0 radical (unpaired) electrons. The first kappa shape index (κ1) is 21.8. The monoisotopic (exact) mass is 417 g/mol. The highest BCUT2D eigenvalue weighted by Crippen LogP contribution is 2.39. The van der Waals surface area contributed by atoms with Gasteiger partial charge >= 0.3 is 0 Å². The zero-order valence-electron chi connectivity index (χ0n) is 15.8. The molecule has 0 saturated carbocycles. The molecule has 0 bridgehead atoms. The maximum Gasteiger partial charge on any atom is 0.208 e. The first-order chi connectivity index (χ1) is 12.7. The molecule has 1 heterocycles. The number of nitrogens with two attached hydrogens (primary N) is 1. The summed E-state index contributed by atoms with van der Waals surface area (Å²) in [7, 11) is -1.62. The molecular formula is C18H28ClN3O4S. The topological polar surface area (TPSA) is 102 Å². The van der Waals surface area contributed by atoms with Crippen LogP contribution in [0.2, 0.25) is 5.02 Å². The average Bonchev–Trinajstić information content (AvgIpc) is 2.61. The molecule has 2 unspecified atom stereocenters. The highest BCUT2D eigenvalue weighted by Gasteiger charge is 2.30. The number of sulfonamides is 1. The van der Waals surface area contributed by atoms with Crippen molar-refractivity contribution in [3.63, 3.8) is 0 Å². The van der Waals surface area contributed by atoms with Crippen LogP contribution in [0.1, 0.15) is 25.7 Å². The molecule has 1 saturated heterocycles. The van der Waals surface area contributed by atoms with E-state index in [9.17, 15) is 13.2 Å². The smallest absolute Gasteiger partial charge is 0.208 e. The van der Waals surface area contributed by atoms with Crippen LogP contribution in [0, 0.1) is 11.8 Å². The third-order valence-electron chi connectivity index (χ3n) is 5.06. The van der Waals surface area contributed by atoms with Crippen molar-refractivity contribution >= 4 is 39.3 Å². The number of nitrogens with one attached hydrogen (secondary N) is 1. The van der Waals surface area contributed by atoms with Crippen molar-refractivity contribution in [1.29, 1.82) is 0 Å². The van der Waals surface area contributed by atoms with Crippen molar-refractivity contribution in [2.75, 3.05) is 43.6 Å². The van der Waals surface area contributed by atoms with Gasteiger partial charge in [-0.3, -0.25) is 0 Å². The molecule has 27 heavy (non-hydrogen) atoms. The van der Waals surface area contributed by atoms with Crippen LogP contribution in [0.3, 0.4) is 0 Å². The minimum Gasteiger partial charge on any atom is -0.495 e. The SMILES string of the molecule is COc1cc(N)c(Cl)cc1N1CCC(CCC=O)C(CCNS(C)(=O)=O)C1. The molecule has 2 rings (SSSR count). The summed E-state index contributed by atoms with van der Waals surface area (Å²) in [6.07, 6.45) is 5.07. The fraction of sp³-hybridized carbons (Fsp3) is 0.611. The maximum atomic E-state index is 11.4. The van der Waals surface area contributed by atoms with Crippen molar-refractivity contribution in [2.24, 2.45) is 11.8 Å². The molecule has 0 amide bonds. The molecule has 0 aliphatic carbocycles. The third kappa shape index (κ3) is 6.26. The van der Waals surface area contributed by atoms with E-state index < -0.39 is 10.0 Å². The summed E-state index contributed by atoms with van der Waals surface area (Å²) in [5.41, 5.74) is 7.22. The van der Waals surface area contributed by atoms with Gasteiger partial charge in [0, 0.05) is 32.1 Å². The van der Waals surface area contributed by atoms with Gasteiger partial charge in [-0.2, -0.15) is 0 Å². The van der Waals surface area contributed by atoms with E-state index in [0.717, 1.165) is 44.2 Å². The zero-order valence-corrected chi connectivity index (χ0v) is 17.4. The number of rotatable bonds is 9. The standard InChI is InChI=1S/C18H28ClN3O4S/c1-26-18-11-16(20)15(19)10-17(18)22-8-6-13(4-3-9-23)14(12-22)5-7-21-27(2,24)25/h9-11,13-14,21H,3-8,12,20H2,1-2H3. The van der Waals surface area contributed by atoms with Crippen LogP contribution in [0.4, 0.5) is 11.4 Å². The molecule has 0 aromatic heterocycles. The van der Waals surface area contributed by atoms with Crippen LogP contribution in [-0.2, 0) is 14.8 Å². The number of nitrogens with zero attached hydrogens (tertiary/aromatic N) is 1. The van der Waals surface area contributed by atoms with Gasteiger partial charge in [0.2, 0.25) is 10.0 Å².